The predicted octanol–water partition coefficient (Wildman–Crippen LogP) is 26.4. The molecule has 0 saturated heterocycles. The van der Waals surface area contributed by atoms with Crippen LogP contribution in [0.4, 0.5) is 0 Å². The van der Waals surface area contributed by atoms with Crippen LogP contribution in [-0.2, 0) is 51.6 Å². The number of aryl methyl sites for hydroxylation is 4. The molecule has 126 heavy (non-hydrogen) atoms. The Morgan fingerprint density at radius 1 is 0.365 bits per heavy atom. The second kappa shape index (κ2) is 40.8. The quantitative estimate of drug-likeness (QED) is 0.0168. The molecule has 14 nitrogen and oxygen atoms in total. The molecule has 15 heteroatoms. The SMILES string of the molecule is CCCC1(CCC)c2cc(C(=O)/C(=N/OC(C)=O)c3ccccc3C)ccc2-c2ccc(C(=O)c3cccs3)cc21.CCCC1(CCC)c2cc(C(=O)/C(Cc3cccc(C)c3)=N/OC(C)=O)ccc2-c2ccc(C(=O)c3ccccc3C)cc21.CCCC1(CCC)c2cc(C(=O)c3ccccc3C)ccc2-c2ccc(/C(CCC3CCCC3)=N\OC(C)=O)cc21. The van der Waals surface area contributed by atoms with Gasteiger partial charge in [-0.1, -0.05) is 303 Å². The Labute approximate surface area is 746 Å². The van der Waals surface area contributed by atoms with Crippen molar-refractivity contribution in [2.24, 2.45) is 21.4 Å². The van der Waals surface area contributed by atoms with Crippen LogP contribution in [0.2, 0.25) is 0 Å². The molecule has 0 aliphatic heterocycles. The summed E-state index contributed by atoms with van der Waals surface area (Å²) >= 11 is 1.45. The fraction of sp³-hybridized carbons (Fsp3) is 0.324. The van der Waals surface area contributed by atoms with Gasteiger partial charge in [-0.15, -0.1) is 11.3 Å². The first-order valence-electron chi connectivity index (χ1n) is 45.0. The van der Waals surface area contributed by atoms with E-state index in [4.69, 9.17) is 14.5 Å². The maximum atomic E-state index is 14.0. The Balaban J connectivity index is 0.000000162. The molecule has 11 aromatic rings. The van der Waals surface area contributed by atoms with Crippen molar-refractivity contribution >= 4 is 75.3 Å². The van der Waals surface area contributed by atoms with Gasteiger partial charge in [-0.3, -0.25) is 24.0 Å². The number of Topliss-reactive ketones (excluding diaryl/α,β-unsaturated/α-hetero) is 2. The molecule has 0 atom stereocenters. The van der Waals surface area contributed by atoms with Crippen molar-refractivity contribution in [2.75, 3.05) is 0 Å². The van der Waals surface area contributed by atoms with Gasteiger partial charge in [0.1, 0.15) is 5.71 Å². The number of hydrogen-bond donors (Lipinski definition) is 0. The van der Waals surface area contributed by atoms with E-state index in [-0.39, 0.29) is 63.0 Å². The molecule has 4 aliphatic rings. The predicted molar refractivity (Wildman–Crippen MR) is 506 cm³/mol. The molecule has 10 aromatic carbocycles. The average Bonchev–Trinajstić information content (AvgIpc) is 1.57. The van der Waals surface area contributed by atoms with Crippen LogP contribution in [0.15, 0.2) is 239 Å². The van der Waals surface area contributed by atoms with Crippen molar-refractivity contribution in [1.82, 2.24) is 0 Å². The Morgan fingerprint density at radius 3 is 1.13 bits per heavy atom. The summed E-state index contributed by atoms with van der Waals surface area (Å²) in [6.45, 7) is 25.0. The second-order valence-electron chi connectivity index (χ2n) is 34.5. The van der Waals surface area contributed by atoms with E-state index in [1.807, 2.05) is 197 Å². The number of fused-ring (bicyclic) bond motifs is 9. The number of benzene rings is 10. The Hall–Kier alpha value is -12.3. The molecule has 1 heterocycles. The van der Waals surface area contributed by atoms with Gasteiger partial charge in [0.05, 0.1) is 10.6 Å². The fourth-order valence-electron chi connectivity index (χ4n) is 20.2. The van der Waals surface area contributed by atoms with Crippen LogP contribution in [0.5, 0.6) is 0 Å². The fourth-order valence-corrected chi connectivity index (χ4v) is 20.9. The van der Waals surface area contributed by atoms with Crippen LogP contribution in [0.1, 0.15) is 318 Å². The minimum atomic E-state index is -0.592. The number of carbonyl (C=O) groups excluding carboxylic acids is 8. The lowest BCUT2D eigenvalue weighted by atomic mass is 9.71. The van der Waals surface area contributed by atoms with Crippen molar-refractivity contribution < 1.29 is 52.9 Å². The van der Waals surface area contributed by atoms with Crippen molar-refractivity contribution in [3.05, 3.63) is 340 Å². The van der Waals surface area contributed by atoms with Crippen LogP contribution < -0.4 is 0 Å². The summed E-state index contributed by atoms with van der Waals surface area (Å²) in [5.74, 6) is -1.31. The third-order valence-corrected chi connectivity index (χ3v) is 26.6. The Kier molecular flexibility index (Phi) is 29.6. The molecule has 1 aromatic heterocycles. The van der Waals surface area contributed by atoms with E-state index >= 15 is 0 Å². The lowest BCUT2D eigenvalue weighted by Gasteiger charge is -2.32. The first-order valence-corrected chi connectivity index (χ1v) is 45.9. The van der Waals surface area contributed by atoms with E-state index in [0.29, 0.717) is 33.4 Å². The van der Waals surface area contributed by atoms with E-state index in [1.165, 1.54) is 80.0 Å². The number of rotatable bonds is 32. The average molecular weight is 1700 g/mol. The highest BCUT2D eigenvalue weighted by atomic mass is 32.1. The molecule has 0 amide bonds. The van der Waals surface area contributed by atoms with E-state index in [2.05, 4.69) is 112 Å². The number of oxime groups is 3. The summed E-state index contributed by atoms with van der Waals surface area (Å²) in [7, 11) is 0. The summed E-state index contributed by atoms with van der Waals surface area (Å²) in [5, 5.41) is 14.3. The zero-order chi connectivity index (χ0) is 89.6. The summed E-state index contributed by atoms with van der Waals surface area (Å²) in [6.07, 6.45) is 18.7. The Morgan fingerprint density at radius 2 is 0.730 bits per heavy atom. The molecular formula is C111H115N3O11S. The van der Waals surface area contributed by atoms with Gasteiger partial charge < -0.3 is 14.5 Å². The third-order valence-electron chi connectivity index (χ3n) is 25.7. The molecule has 0 unspecified atom stereocenters. The third kappa shape index (κ3) is 19.2. The molecule has 4 aliphatic carbocycles. The standard InChI is InChI=1S/C39H39NO4.C37H43NO3.C35H33NO4S/c1-6-19-39(20-7-2)34-23-29(37(42)31-14-9-8-12-26(31)4)15-17-32(34)33-18-16-30(24-35(33)39)38(43)36(40-44-27(5)41)22-28-13-10-11-25(3)21-28;1-5-21-37(22-6-2)33-23-28(35(38-41-26(4)39)20-15-27-12-8-9-13-27)16-18-31(33)32-19-17-29(24-34(32)37)36(40)30-14-10-7-11-25(30)3;1-5-17-35(18-6-2)29-20-24(33(38)31-12-9-19-41-31)13-15-27(29)28-16-14-25(21-30(28)35)34(39)32(36-40-23(4)37)26-11-8-7-10-22(26)3/h8-18,21,23-24H,6-7,19-20,22H2,1-5H3;7,10-11,14,16-19,23-24,27H,5-6,8-9,12-13,15,20-22H2,1-4H3;7-16,19-21H,5-6,17-18H2,1-4H3/b40-36+;38-35-;36-32+. The van der Waals surface area contributed by atoms with Gasteiger partial charge in [-0.2, -0.15) is 0 Å². The smallest absolute Gasteiger partial charge is 0.318 e. The minimum Gasteiger partial charge on any atom is -0.318 e. The van der Waals surface area contributed by atoms with Gasteiger partial charge in [0, 0.05) is 87.9 Å². The first kappa shape index (κ1) is 91.4. The highest BCUT2D eigenvalue weighted by molar-refractivity contribution is 7.12. The largest absolute Gasteiger partial charge is 0.332 e. The van der Waals surface area contributed by atoms with Gasteiger partial charge in [-0.25, -0.2) is 14.4 Å². The zero-order valence-corrected chi connectivity index (χ0v) is 75.9. The maximum absolute atomic E-state index is 14.0. The first-order chi connectivity index (χ1) is 60.9. The molecule has 0 radical (unpaired) electrons. The van der Waals surface area contributed by atoms with E-state index < -0.39 is 17.9 Å². The van der Waals surface area contributed by atoms with Gasteiger partial charge in [0.2, 0.25) is 17.3 Å². The van der Waals surface area contributed by atoms with Crippen molar-refractivity contribution in [1.29, 1.82) is 0 Å². The van der Waals surface area contributed by atoms with Crippen LogP contribution in [0, 0.1) is 33.6 Å². The minimum absolute atomic E-state index is 0.0158. The van der Waals surface area contributed by atoms with E-state index in [9.17, 15) is 38.4 Å². The topological polar surface area (TPSA) is 201 Å². The summed E-state index contributed by atoms with van der Waals surface area (Å²) in [5.41, 5.74) is 25.2. The van der Waals surface area contributed by atoms with Gasteiger partial charge >= 0.3 is 17.9 Å². The number of ketones is 5. The highest BCUT2D eigenvalue weighted by Crippen LogP contribution is 2.58. The monoisotopic (exact) mass is 1700 g/mol. The molecule has 0 bridgehead atoms. The molecular weight excluding hydrogens is 1580 g/mol. The van der Waals surface area contributed by atoms with Gasteiger partial charge in [-0.05, 0) is 227 Å². The summed E-state index contributed by atoms with van der Waals surface area (Å²) < 4.78 is 0. The highest BCUT2D eigenvalue weighted by Gasteiger charge is 2.46. The van der Waals surface area contributed by atoms with Crippen molar-refractivity contribution in [3.63, 3.8) is 0 Å². The van der Waals surface area contributed by atoms with Crippen LogP contribution >= 0.6 is 11.3 Å². The van der Waals surface area contributed by atoms with E-state index in [1.54, 1.807) is 0 Å². The zero-order valence-electron chi connectivity index (χ0n) is 75.1. The van der Waals surface area contributed by atoms with Crippen molar-refractivity contribution in [2.45, 2.75) is 228 Å². The molecule has 1 fully saturated rings. The number of carbonyl (C=O) groups is 8. The molecule has 15 rings (SSSR count). The lowest BCUT2D eigenvalue weighted by Crippen LogP contribution is -2.26. The number of hydrogen-bond acceptors (Lipinski definition) is 15. The molecule has 1 saturated carbocycles. The summed E-state index contributed by atoms with van der Waals surface area (Å²) in [6, 6.07) is 71.4. The van der Waals surface area contributed by atoms with Crippen LogP contribution in [0.3, 0.4) is 0 Å². The van der Waals surface area contributed by atoms with Gasteiger partial charge in [0.15, 0.2) is 17.3 Å². The van der Waals surface area contributed by atoms with E-state index in [0.717, 1.165) is 195 Å². The number of thiophene rings is 1. The van der Waals surface area contributed by atoms with Crippen LogP contribution in [0.25, 0.3) is 33.4 Å². The molecule has 0 N–H and O–H groups in total. The second-order valence-corrected chi connectivity index (χ2v) is 35.4. The molecule has 0 spiro atoms. The van der Waals surface area contributed by atoms with Gasteiger partial charge in [0.25, 0.3) is 0 Å². The molecule has 646 valence electrons. The number of nitrogens with zero attached hydrogens (tertiary/aromatic N) is 3. The summed E-state index contributed by atoms with van der Waals surface area (Å²) in [4.78, 5) is 120. The lowest BCUT2D eigenvalue weighted by molar-refractivity contribution is -0.141. The van der Waals surface area contributed by atoms with Crippen molar-refractivity contribution in [3.8, 4) is 33.4 Å². The maximum Gasteiger partial charge on any atom is 0.332 e. The Bertz CT molecular complexity index is 6050. The van der Waals surface area contributed by atoms with Crippen LogP contribution in [-0.4, -0.2) is 64.0 Å². The normalized spacial score (nSPS) is 14.2.